The molecule has 0 atom stereocenters. The number of aromatic nitrogens is 1. The molecule has 2 aromatic carbocycles. The molecule has 4 aromatic rings. The molecule has 4 nitrogen and oxygen atoms in total. The molecule has 0 radical (unpaired) electrons. The van der Waals surface area contributed by atoms with Gasteiger partial charge in [0.2, 0.25) is 0 Å². The number of fused-ring (bicyclic) bond motifs is 1. The molecule has 7 heteroatoms. The van der Waals surface area contributed by atoms with E-state index in [9.17, 15) is 4.79 Å². The molecule has 0 N–H and O–H groups in total. The summed E-state index contributed by atoms with van der Waals surface area (Å²) in [6, 6.07) is 19.5. The second-order valence-electron chi connectivity index (χ2n) is 7.54. The fourth-order valence-electron chi connectivity index (χ4n) is 3.65. The van der Waals surface area contributed by atoms with Crippen LogP contribution in [0.25, 0.3) is 21.5 Å². The van der Waals surface area contributed by atoms with E-state index in [2.05, 4.69) is 0 Å². The number of hydrogen-bond acceptors (Lipinski definition) is 5. The van der Waals surface area contributed by atoms with Crippen LogP contribution in [0, 0.1) is 6.92 Å². The lowest BCUT2D eigenvalue weighted by molar-refractivity contribution is 0.0851. The van der Waals surface area contributed by atoms with Crippen LogP contribution in [0.4, 0.5) is 5.69 Å². The van der Waals surface area contributed by atoms with Crippen molar-refractivity contribution in [1.29, 1.82) is 0 Å². The molecule has 3 heterocycles. The summed E-state index contributed by atoms with van der Waals surface area (Å²) < 4.78 is 0. The van der Waals surface area contributed by atoms with Crippen LogP contribution in [-0.2, 0) is 0 Å². The summed E-state index contributed by atoms with van der Waals surface area (Å²) in [6.07, 6.45) is 0.922. The molecule has 0 aliphatic carbocycles. The lowest BCUT2D eigenvalue weighted by Crippen LogP contribution is -2.39. The maximum Gasteiger partial charge on any atom is 0.260 e. The summed E-state index contributed by atoms with van der Waals surface area (Å²) in [4.78, 5) is 26.3. The highest BCUT2D eigenvalue weighted by Gasteiger charge is 2.27. The van der Waals surface area contributed by atoms with E-state index in [4.69, 9.17) is 21.6 Å². The second kappa shape index (κ2) is 9.06. The van der Waals surface area contributed by atoms with Gasteiger partial charge in [0.25, 0.3) is 5.91 Å². The van der Waals surface area contributed by atoms with Gasteiger partial charge in [0.15, 0.2) is 5.17 Å². The molecule has 1 aliphatic rings. The normalized spacial score (nSPS) is 15.4. The number of nitrogens with zero attached hydrogens (tertiary/aromatic N) is 3. The van der Waals surface area contributed by atoms with Gasteiger partial charge in [-0.25, -0.2) is 9.98 Å². The van der Waals surface area contributed by atoms with Crippen LogP contribution in [0.2, 0.25) is 5.02 Å². The number of amidine groups is 1. The van der Waals surface area contributed by atoms with Gasteiger partial charge in [-0.05, 0) is 54.6 Å². The zero-order chi connectivity index (χ0) is 22.1. The number of thioether (sulfide) groups is 1. The van der Waals surface area contributed by atoms with Gasteiger partial charge >= 0.3 is 0 Å². The van der Waals surface area contributed by atoms with Crippen molar-refractivity contribution in [1.82, 2.24) is 9.88 Å². The highest BCUT2D eigenvalue weighted by atomic mass is 35.5. The summed E-state index contributed by atoms with van der Waals surface area (Å²) in [5, 5.41) is 4.25. The average Bonchev–Trinajstić information content (AvgIpc) is 3.36. The second-order valence-corrected chi connectivity index (χ2v) is 9.95. The van der Waals surface area contributed by atoms with Crippen molar-refractivity contribution in [3.05, 3.63) is 82.2 Å². The number of aliphatic imine (C=N–C) groups is 1. The van der Waals surface area contributed by atoms with E-state index in [-0.39, 0.29) is 5.91 Å². The maximum atomic E-state index is 13.8. The van der Waals surface area contributed by atoms with Crippen LogP contribution in [0.1, 0.15) is 22.3 Å². The third-order valence-corrected chi connectivity index (χ3v) is 7.70. The molecular weight excluding hydrogens is 458 g/mol. The summed E-state index contributed by atoms with van der Waals surface area (Å²) in [5.41, 5.74) is 4.03. The number of pyridine rings is 1. The summed E-state index contributed by atoms with van der Waals surface area (Å²) in [6.45, 7) is 2.60. The number of rotatable bonds is 3. The quantitative estimate of drug-likeness (QED) is 0.313. The predicted molar refractivity (Wildman–Crippen MR) is 136 cm³/mol. The third kappa shape index (κ3) is 4.18. The van der Waals surface area contributed by atoms with Crippen molar-refractivity contribution in [2.45, 2.75) is 13.3 Å². The fourth-order valence-corrected chi connectivity index (χ4v) is 5.47. The SMILES string of the molecule is Cc1ccc(N=C2SCCCN2C(=O)c2cc(-c3cccs3)nc3ccccc23)cc1Cl. The van der Waals surface area contributed by atoms with Crippen molar-refractivity contribution in [3.8, 4) is 10.6 Å². The molecule has 2 aromatic heterocycles. The standard InChI is InChI=1S/C25H20ClN3OS2/c1-16-9-10-17(14-20(16)26)27-25-29(11-5-13-32-25)24(30)19-15-22(23-8-4-12-31-23)28-21-7-3-2-6-18(19)21/h2-4,6-10,12,14-15H,5,11,13H2,1H3. The van der Waals surface area contributed by atoms with Gasteiger partial charge in [0.1, 0.15) is 0 Å². The Morgan fingerprint density at radius 1 is 1.12 bits per heavy atom. The highest BCUT2D eigenvalue weighted by Crippen LogP contribution is 2.31. The van der Waals surface area contributed by atoms with Gasteiger partial charge < -0.3 is 0 Å². The molecule has 32 heavy (non-hydrogen) atoms. The number of carbonyl (C=O) groups excluding carboxylic acids is 1. The molecule has 0 spiro atoms. The van der Waals surface area contributed by atoms with Crippen LogP contribution < -0.4 is 0 Å². The monoisotopic (exact) mass is 477 g/mol. The van der Waals surface area contributed by atoms with Crippen molar-refractivity contribution in [2.24, 2.45) is 4.99 Å². The summed E-state index contributed by atoms with van der Waals surface area (Å²) in [5.74, 6) is 0.880. The Balaban J connectivity index is 1.58. The van der Waals surface area contributed by atoms with Gasteiger partial charge in [0.05, 0.1) is 27.3 Å². The number of aryl methyl sites for hydroxylation is 1. The molecular formula is C25H20ClN3OS2. The molecule has 5 rings (SSSR count). The van der Waals surface area contributed by atoms with E-state index in [0.29, 0.717) is 22.3 Å². The topological polar surface area (TPSA) is 45.6 Å². The lowest BCUT2D eigenvalue weighted by atomic mass is 10.1. The lowest BCUT2D eigenvalue weighted by Gasteiger charge is -2.28. The first-order valence-corrected chi connectivity index (χ1v) is 12.6. The van der Waals surface area contributed by atoms with Crippen LogP contribution in [0.3, 0.4) is 0 Å². The zero-order valence-electron chi connectivity index (χ0n) is 17.4. The summed E-state index contributed by atoms with van der Waals surface area (Å²) >= 11 is 9.52. The molecule has 0 unspecified atom stereocenters. The third-order valence-electron chi connectivity index (χ3n) is 5.33. The Kier molecular flexibility index (Phi) is 6.00. The van der Waals surface area contributed by atoms with Gasteiger partial charge in [-0.1, -0.05) is 53.7 Å². The van der Waals surface area contributed by atoms with Crippen LogP contribution in [-0.4, -0.2) is 33.3 Å². The Hall–Kier alpha value is -2.67. The molecule has 0 bridgehead atoms. The van der Waals surface area contributed by atoms with E-state index in [1.807, 2.05) is 73.0 Å². The van der Waals surface area contributed by atoms with Gasteiger partial charge in [-0.3, -0.25) is 9.69 Å². The number of amides is 1. The molecule has 1 fully saturated rings. The minimum Gasteiger partial charge on any atom is -0.287 e. The Morgan fingerprint density at radius 2 is 2.00 bits per heavy atom. The number of halogens is 1. The van der Waals surface area contributed by atoms with E-state index in [1.54, 1.807) is 28.0 Å². The number of carbonyl (C=O) groups is 1. The zero-order valence-corrected chi connectivity index (χ0v) is 19.8. The van der Waals surface area contributed by atoms with Crippen molar-refractivity contribution in [3.63, 3.8) is 0 Å². The van der Waals surface area contributed by atoms with Gasteiger partial charge in [0, 0.05) is 22.7 Å². The smallest absolute Gasteiger partial charge is 0.260 e. The van der Waals surface area contributed by atoms with Crippen LogP contribution in [0.15, 0.2) is 71.0 Å². The van der Waals surface area contributed by atoms with Crippen molar-refractivity contribution in [2.75, 3.05) is 12.3 Å². The molecule has 1 aliphatic heterocycles. The highest BCUT2D eigenvalue weighted by molar-refractivity contribution is 8.13. The van der Waals surface area contributed by atoms with Crippen LogP contribution in [0.5, 0.6) is 0 Å². The molecule has 1 saturated heterocycles. The van der Waals surface area contributed by atoms with E-state index in [0.717, 1.165) is 44.9 Å². The summed E-state index contributed by atoms with van der Waals surface area (Å²) in [7, 11) is 0. The van der Waals surface area contributed by atoms with Gasteiger partial charge in [-0.15, -0.1) is 11.3 Å². The Bertz CT molecular complexity index is 1330. The minimum atomic E-state index is -0.0504. The number of thiophene rings is 1. The van der Waals surface area contributed by atoms with Gasteiger partial charge in [-0.2, -0.15) is 0 Å². The van der Waals surface area contributed by atoms with Crippen molar-refractivity contribution < 1.29 is 4.79 Å². The first-order chi connectivity index (χ1) is 15.6. The average molecular weight is 478 g/mol. The predicted octanol–water partition coefficient (Wildman–Crippen LogP) is 7.19. The molecule has 160 valence electrons. The minimum absolute atomic E-state index is 0.0504. The van der Waals surface area contributed by atoms with E-state index >= 15 is 0 Å². The largest absolute Gasteiger partial charge is 0.287 e. The number of benzene rings is 2. The number of para-hydroxylation sites is 1. The van der Waals surface area contributed by atoms with E-state index < -0.39 is 0 Å². The Labute approximate surface area is 200 Å². The van der Waals surface area contributed by atoms with Crippen LogP contribution >= 0.6 is 34.7 Å². The van der Waals surface area contributed by atoms with E-state index in [1.165, 1.54) is 0 Å². The fraction of sp³-hybridized carbons (Fsp3) is 0.160. The first-order valence-electron chi connectivity index (χ1n) is 10.3. The Morgan fingerprint density at radius 3 is 2.81 bits per heavy atom. The first kappa shape index (κ1) is 21.2. The number of hydrogen-bond donors (Lipinski definition) is 0. The van der Waals surface area contributed by atoms with Crippen molar-refractivity contribution >= 4 is 62.4 Å². The molecule has 1 amide bonds. The molecule has 0 saturated carbocycles. The maximum absolute atomic E-state index is 13.8.